The number of hydrogen-bond acceptors (Lipinski definition) is 4. The molecule has 0 N–H and O–H groups in total. The Hall–Kier alpha value is -1.12. The second kappa shape index (κ2) is 4.80. The lowest BCUT2D eigenvalue weighted by molar-refractivity contribution is 0.0500. The molecule has 0 aliphatic carbocycles. The molecule has 1 aromatic heterocycles. The van der Waals surface area contributed by atoms with Gasteiger partial charge in [-0.25, -0.2) is 4.98 Å². The van der Waals surface area contributed by atoms with Gasteiger partial charge >= 0.3 is 0 Å². The van der Waals surface area contributed by atoms with E-state index < -0.39 is 0 Å². The van der Waals surface area contributed by atoms with E-state index in [2.05, 4.69) is 20.9 Å². The van der Waals surface area contributed by atoms with E-state index in [4.69, 9.17) is 14.7 Å². The van der Waals surface area contributed by atoms with E-state index >= 15 is 0 Å². The van der Waals surface area contributed by atoms with Gasteiger partial charge in [0.05, 0.1) is 5.56 Å². The quantitative estimate of drug-likeness (QED) is 0.598. The maximum absolute atomic E-state index is 8.72. The van der Waals surface area contributed by atoms with Crippen LogP contribution in [0.15, 0.2) is 16.9 Å². The predicted molar refractivity (Wildman–Crippen MR) is 49.2 cm³/mol. The Kier molecular flexibility index (Phi) is 3.68. The van der Waals surface area contributed by atoms with Gasteiger partial charge in [0.25, 0.3) is 0 Å². The van der Waals surface area contributed by atoms with Crippen LogP contribution in [0.5, 0.6) is 5.75 Å². The van der Waals surface area contributed by atoms with Crippen molar-refractivity contribution in [2.75, 3.05) is 13.9 Å². The van der Waals surface area contributed by atoms with Crippen molar-refractivity contribution in [2.24, 2.45) is 0 Å². The van der Waals surface area contributed by atoms with Gasteiger partial charge in [-0.15, -0.1) is 0 Å². The van der Waals surface area contributed by atoms with E-state index in [-0.39, 0.29) is 6.79 Å². The average Bonchev–Trinajstić information content (AvgIpc) is 2.15. The van der Waals surface area contributed by atoms with Crippen molar-refractivity contribution >= 4 is 15.9 Å². The lowest BCUT2D eigenvalue weighted by atomic mass is 10.3. The van der Waals surface area contributed by atoms with Crippen LogP contribution in [0.1, 0.15) is 5.56 Å². The fourth-order valence-electron chi connectivity index (χ4n) is 0.766. The molecule has 0 saturated carbocycles. The smallest absolute Gasteiger partial charge is 0.188 e. The first-order chi connectivity index (χ1) is 6.29. The Morgan fingerprint density at radius 1 is 1.69 bits per heavy atom. The van der Waals surface area contributed by atoms with Gasteiger partial charge < -0.3 is 9.47 Å². The number of nitriles is 1. The molecule has 0 atom stereocenters. The Morgan fingerprint density at radius 3 is 3.08 bits per heavy atom. The van der Waals surface area contributed by atoms with E-state index in [1.54, 1.807) is 6.07 Å². The standard InChI is InChI=1S/C8H7BrN2O2/c1-12-5-13-7-6(4-10)2-3-11-8(7)9/h2-3H,5H2,1H3. The highest BCUT2D eigenvalue weighted by molar-refractivity contribution is 9.10. The molecule has 5 heteroatoms. The summed E-state index contributed by atoms with van der Waals surface area (Å²) in [5, 5.41) is 8.72. The largest absolute Gasteiger partial charge is 0.463 e. The lowest BCUT2D eigenvalue weighted by Gasteiger charge is -2.06. The molecule has 0 unspecified atom stereocenters. The first-order valence-electron chi connectivity index (χ1n) is 3.46. The number of methoxy groups -OCH3 is 1. The Labute approximate surface area is 84.2 Å². The van der Waals surface area contributed by atoms with Crippen LogP contribution < -0.4 is 4.74 Å². The first kappa shape index (κ1) is 9.96. The number of pyridine rings is 1. The van der Waals surface area contributed by atoms with Crippen LogP contribution in [0.2, 0.25) is 0 Å². The molecule has 0 fully saturated rings. The summed E-state index contributed by atoms with van der Waals surface area (Å²) in [5.41, 5.74) is 0.430. The maximum atomic E-state index is 8.72. The van der Waals surface area contributed by atoms with E-state index in [0.29, 0.717) is 15.9 Å². The highest BCUT2D eigenvalue weighted by atomic mass is 79.9. The zero-order chi connectivity index (χ0) is 9.68. The minimum atomic E-state index is 0.0962. The lowest BCUT2D eigenvalue weighted by Crippen LogP contribution is -2.01. The molecule has 0 saturated heterocycles. The number of rotatable bonds is 3. The maximum Gasteiger partial charge on any atom is 0.188 e. The molecule has 0 aromatic carbocycles. The molecule has 4 nitrogen and oxygen atoms in total. The van der Waals surface area contributed by atoms with E-state index in [0.717, 1.165) is 0 Å². The van der Waals surface area contributed by atoms with Crippen molar-refractivity contribution < 1.29 is 9.47 Å². The van der Waals surface area contributed by atoms with Gasteiger partial charge in [-0.3, -0.25) is 0 Å². The second-order valence-electron chi connectivity index (χ2n) is 2.14. The number of halogens is 1. The van der Waals surface area contributed by atoms with Gasteiger partial charge in [0.1, 0.15) is 10.7 Å². The molecule has 0 amide bonds. The van der Waals surface area contributed by atoms with Gasteiger partial charge in [-0.2, -0.15) is 5.26 Å². The summed E-state index contributed by atoms with van der Waals surface area (Å²) in [6.45, 7) is 0.0962. The molecule has 1 aromatic rings. The van der Waals surface area contributed by atoms with Crippen LogP contribution in [0.3, 0.4) is 0 Å². The van der Waals surface area contributed by atoms with Crippen molar-refractivity contribution in [3.63, 3.8) is 0 Å². The summed E-state index contributed by atoms with van der Waals surface area (Å²) in [6.07, 6.45) is 1.53. The monoisotopic (exact) mass is 242 g/mol. The van der Waals surface area contributed by atoms with Crippen LogP contribution in [0.25, 0.3) is 0 Å². The van der Waals surface area contributed by atoms with E-state index in [9.17, 15) is 0 Å². The Bertz CT molecular complexity index is 335. The fraction of sp³-hybridized carbons (Fsp3) is 0.250. The third-order valence-corrected chi connectivity index (χ3v) is 1.87. The van der Waals surface area contributed by atoms with Crippen LogP contribution in [0.4, 0.5) is 0 Å². The molecular weight excluding hydrogens is 236 g/mol. The van der Waals surface area contributed by atoms with Crippen molar-refractivity contribution in [1.29, 1.82) is 5.26 Å². The van der Waals surface area contributed by atoms with Crippen LogP contribution in [0, 0.1) is 11.3 Å². The minimum absolute atomic E-state index is 0.0962. The molecule has 1 rings (SSSR count). The molecule has 0 aliphatic heterocycles. The number of aromatic nitrogens is 1. The van der Waals surface area contributed by atoms with Crippen LogP contribution in [-0.4, -0.2) is 18.9 Å². The van der Waals surface area contributed by atoms with Crippen LogP contribution >= 0.6 is 15.9 Å². The zero-order valence-electron chi connectivity index (χ0n) is 6.95. The average molecular weight is 243 g/mol. The topological polar surface area (TPSA) is 55.1 Å². The highest BCUT2D eigenvalue weighted by Gasteiger charge is 2.07. The molecule has 0 radical (unpaired) electrons. The van der Waals surface area contributed by atoms with E-state index in [1.807, 2.05) is 6.07 Å². The molecule has 1 heterocycles. The molecule has 0 spiro atoms. The zero-order valence-corrected chi connectivity index (χ0v) is 8.54. The number of ether oxygens (including phenoxy) is 2. The second-order valence-corrected chi connectivity index (χ2v) is 2.89. The summed E-state index contributed by atoms with van der Waals surface area (Å²) in [6, 6.07) is 3.57. The number of nitrogens with zero attached hydrogens (tertiary/aromatic N) is 2. The predicted octanol–water partition coefficient (Wildman–Crippen LogP) is 1.70. The summed E-state index contributed by atoms with van der Waals surface area (Å²) >= 11 is 3.18. The molecule has 0 bridgehead atoms. The normalized spacial score (nSPS) is 9.31. The summed E-state index contributed by atoms with van der Waals surface area (Å²) in [7, 11) is 1.51. The molecule has 68 valence electrons. The van der Waals surface area contributed by atoms with Gasteiger partial charge in [0.2, 0.25) is 0 Å². The Morgan fingerprint density at radius 2 is 2.46 bits per heavy atom. The van der Waals surface area contributed by atoms with Crippen molar-refractivity contribution in [1.82, 2.24) is 4.98 Å². The third kappa shape index (κ3) is 2.41. The summed E-state index contributed by atoms with van der Waals surface area (Å²) in [5.74, 6) is 0.409. The van der Waals surface area contributed by atoms with Gasteiger partial charge in [0.15, 0.2) is 12.5 Å². The third-order valence-electron chi connectivity index (χ3n) is 1.30. The summed E-state index contributed by atoms with van der Waals surface area (Å²) in [4.78, 5) is 3.93. The van der Waals surface area contributed by atoms with Crippen molar-refractivity contribution in [2.45, 2.75) is 0 Å². The van der Waals surface area contributed by atoms with Crippen molar-refractivity contribution in [3.8, 4) is 11.8 Å². The van der Waals surface area contributed by atoms with Gasteiger partial charge in [-0.1, -0.05) is 0 Å². The molecule has 13 heavy (non-hydrogen) atoms. The fourth-order valence-corrected chi connectivity index (χ4v) is 1.21. The van der Waals surface area contributed by atoms with Crippen molar-refractivity contribution in [3.05, 3.63) is 22.4 Å². The van der Waals surface area contributed by atoms with Gasteiger partial charge in [-0.05, 0) is 22.0 Å². The van der Waals surface area contributed by atoms with Gasteiger partial charge in [0, 0.05) is 13.3 Å². The highest BCUT2D eigenvalue weighted by Crippen LogP contribution is 2.25. The Balaban J connectivity index is 2.95. The minimum Gasteiger partial charge on any atom is -0.463 e. The van der Waals surface area contributed by atoms with E-state index in [1.165, 1.54) is 13.3 Å². The first-order valence-corrected chi connectivity index (χ1v) is 4.25. The number of hydrogen-bond donors (Lipinski definition) is 0. The SMILES string of the molecule is COCOc1c(C#N)ccnc1Br. The summed E-state index contributed by atoms with van der Waals surface area (Å²) < 4.78 is 10.4. The molecular formula is C8H7BrN2O2. The molecule has 0 aliphatic rings. The van der Waals surface area contributed by atoms with Crippen LogP contribution in [-0.2, 0) is 4.74 Å².